The minimum absolute atomic E-state index is 0.0485. The Bertz CT molecular complexity index is 1480. The van der Waals surface area contributed by atoms with Crippen molar-refractivity contribution in [1.29, 1.82) is 0 Å². The minimum atomic E-state index is -0.905. The van der Waals surface area contributed by atoms with Gasteiger partial charge in [-0.1, -0.05) is 65.2 Å². The maximum atomic E-state index is 13.4. The van der Waals surface area contributed by atoms with Crippen molar-refractivity contribution >= 4 is 46.6 Å². The van der Waals surface area contributed by atoms with Crippen molar-refractivity contribution in [2.75, 3.05) is 7.11 Å². The highest BCUT2D eigenvalue weighted by atomic mass is 35.5. The molecule has 1 amide bonds. The quantitative estimate of drug-likeness (QED) is 0.152. The fourth-order valence-corrected chi connectivity index (χ4v) is 5.11. The van der Waals surface area contributed by atoms with Crippen LogP contribution in [-0.2, 0) is 20.9 Å². The SMILES string of the molecule is COc1c(Cl)cc(Cl)cc1/C(O)=C1\C(=O)C(=O)N(Cc2ccc(C(=O)OC(C)C)cc2)C1c1cccc(C)c1. The third-order valence-corrected chi connectivity index (χ3v) is 6.75. The predicted molar refractivity (Wildman–Crippen MR) is 149 cm³/mol. The molecule has 0 bridgehead atoms. The lowest BCUT2D eigenvalue weighted by atomic mass is 9.94. The van der Waals surface area contributed by atoms with Gasteiger partial charge >= 0.3 is 5.97 Å². The van der Waals surface area contributed by atoms with Gasteiger partial charge in [-0.2, -0.15) is 0 Å². The zero-order chi connectivity index (χ0) is 28.4. The first-order chi connectivity index (χ1) is 18.5. The van der Waals surface area contributed by atoms with Gasteiger partial charge in [-0.15, -0.1) is 0 Å². The molecule has 0 spiro atoms. The molecule has 1 aliphatic rings. The molecule has 7 nitrogen and oxygen atoms in total. The van der Waals surface area contributed by atoms with E-state index in [1.165, 1.54) is 24.1 Å². The third kappa shape index (κ3) is 5.79. The summed E-state index contributed by atoms with van der Waals surface area (Å²) in [5, 5.41) is 11.8. The number of halogens is 2. The first-order valence-corrected chi connectivity index (χ1v) is 13.0. The van der Waals surface area contributed by atoms with E-state index >= 15 is 0 Å². The maximum absolute atomic E-state index is 13.4. The molecule has 0 radical (unpaired) electrons. The molecule has 202 valence electrons. The van der Waals surface area contributed by atoms with Gasteiger partial charge in [0, 0.05) is 11.6 Å². The second-order valence-electron chi connectivity index (χ2n) is 9.46. The van der Waals surface area contributed by atoms with Crippen LogP contribution >= 0.6 is 23.2 Å². The number of hydrogen-bond acceptors (Lipinski definition) is 6. The van der Waals surface area contributed by atoms with E-state index in [0.29, 0.717) is 16.7 Å². The number of aryl methyl sites for hydroxylation is 1. The molecule has 3 aromatic carbocycles. The van der Waals surface area contributed by atoms with E-state index in [1.807, 2.05) is 25.1 Å². The predicted octanol–water partition coefficient (Wildman–Crippen LogP) is 6.50. The number of ether oxygens (including phenoxy) is 2. The normalized spacial score (nSPS) is 16.6. The van der Waals surface area contributed by atoms with Gasteiger partial charge in [0.25, 0.3) is 11.7 Å². The van der Waals surface area contributed by atoms with Crippen LogP contribution in [0.4, 0.5) is 0 Å². The molecule has 1 saturated heterocycles. The van der Waals surface area contributed by atoms with Crippen LogP contribution in [0.2, 0.25) is 10.0 Å². The molecule has 4 rings (SSSR count). The molecular weight excluding hydrogens is 541 g/mol. The van der Waals surface area contributed by atoms with Crippen molar-refractivity contribution in [2.24, 2.45) is 0 Å². The Kier molecular flexibility index (Phi) is 8.33. The lowest BCUT2D eigenvalue weighted by Crippen LogP contribution is -2.29. The number of rotatable bonds is 7. The second kappa shape index (κ2) is 11.5. The Balaban J connectivity index is 1.81. The number of hydrogen-bond donors (Lipinski definition) is 1. The lowest BCUT2D eigenvalue weighted by molar-refractivity contribution is -0.140. The number of ketones is 1. The third-order valence-electron chi connectivity index (χ3n) is 6.25. The zero-order valence-electron chi connectivity index (χ0n) is 21.8. The van der Waals surface area contributed by atoms with Gasteiger partial charge in [0.15, 0.2) is 0 Å². The molecule has 1 heterocycles. The van der Waals surface area contributed by atoms with E-state index in [9.17, 15) is 19.5 Å². The molecule has 1 aliphatic heterocycles. The zero-order valence-corrected chi connectivity index (χ0v) is 23.3. The maximum Gasteiger partial charge on any atom is 0.338 e. The Morgan fingerprint density at radius 3 is 2.36 bits per heavy atom. The molecule has 0 aromatic heterocycles. The van der Waals surface area contributed by atoms with Crippen LogP contribution in [0.1, 0.15) is 52.5 Å². The summed E-state index contributed by atoms with van der Waals surface area (Å²) in [6.45, 7) is 5.47. The highest BCUT2D eigenvalue weighted by Crippen LogP contribution is 2.44. The first-order valence-electron chi connectivity index (χ1n) is 12.2. The minimum Gasteiger partial charge on any atom is -0.507 e. The van der Waals surface area contributed by atoms with Gasteiger partial charge in [-0.05, 0) is 56.2 Å². The van der Waals surface area contributed by atoms with Gasteiger partial charge in [0.1, 0.15) is 11.5 Å². The summed E-state index contributed by atoms with van der Waals surface area (Å²) >= 11 is 12.5. The van der Waals surface area contributed by atoms with Crippen LogP contribution in [0, 0.1) is 6.92 Å². The monoisotopic (exact) mass is 567 g/mol. The summed E-state index contributed by atoms with van der Waals surface area (Å²) in [4.78, 5) is 40.4. The Morgan fingerprint density at radius 2 is 1.74 bits per heavy atom. The summed E-state index contributed by atoms with van der Waals surface area (Å²) in [6, 6.07) is 15.9. The fraction of sp³-hybridized carbons (Fsp3) is 0.233. The molecule has 1 N–H and O–H groups in total. The van der Waals surface area contributed by atoms with Crippen LogP contribution in [0.3, 0.4) is 0 Å². The number of esters is 1. The van der Waals surface area contributed by atoms with E-state index in [4.69, 9.17) is 32.7 Å². The van der Waals surface area contributed by atoms with Crippen molar-refractivity contribution in [3.05, 3.63) is 104 Å². The summed E-state index contributed by atoms with van der Waals surface area (Å²) in [6.07, 6.45) is -0.258. The summed E-state index contributed by atoms with van der Waals surface area (Å²) < 4.78 is 10.6. The number of likely N-dealkylation sites (tertiary alicyclic amines) is 1. The van der Waals surface area contributed by atoms with Gasteiger partial charge in [0.05, 0.1) is 41.0 Å². The molecule has 3 aromatic rings. The summed E-state index contributed by atoms with van der Waals surface area (Å²) in [5.74, 6) is -2.41. The number of carbonyl (C=O) groups is 3. The number of carbonyl (C=O) groups excluding carboxylic acids is 3. The topological polar surface area (TPSA) is 93.1 Å². The highest BCUT2D eigenvalue weighted by Gasteiger charge is 2.46. The largest absolute Gasteiger partial charge is 0.507 e. The lowest BCUT2D eigenvalue weighted by Gasteiger charge is -2.26. The summed E-state index contributed by atoms with van der Waals surface area (Å²) in [7, 11) is 1.38. The number of aliphatic hydroxyl groups is 1. The molecule has 1 atom stereocenters. The average molecular weight is 568 g/mol. The van der Waals surface area contributed by atoms with Crippen molar-refractivity contribution in [3.63, 3.8) is 0 Å². The Hall–Kier alpha value is -3.81. The molecule has 0 aliphatic carbocycles. The van der Waals surface area contributed by atoms with Gasteiger partial charge in [-0.3, -0.25) is 9.59 Å². The fourth-order valence-electron chi connectivity index (χ4n) is 4.54. The van der Waals surface area contributed by atoms with Crippen LogP contribution < -0.4 is 4.74 Å². The molecular formula is C30H27Cl2NO6. The van der Waals surface area contributed by atoms with Gasteiger partial charge < -0.3 is 19.5 Å². The van der Waals surface area contributed by atoms with E-state index in [2.05, 4.69) is 0 Å². The molecule has 9 heteroatoms. The van der Waals surface area contributed by atoms with Crippen LogP contribution in [0.25, 0.3) is 5.76 Å². The van der Waals surface area contributed by atoms with Crippen molar-refractivity contribution < 1.29 is 29.0 Å². The number of nitrogens with zero attached hydrogens (tertiary/aromatic N) is 1. The standard InChI is InChI=1S/C30H27Cl2NO6/c1-16(2)39-30(37)19-10-8-18(9-11-19)15-33-25(20-7-5-6-17(3)12-20)24(27(35)29(33)36)26(34)22-13-21(31)14-23(32)28(22)38-4/h5-14,16,25,34H,15H2,1-4H3/b26-24+. The van der Waals surface area contributed by atoms with E-state index in [0.717, 1.165) is 5.56 Å². The number of aliphatic hydroxyl groups excluding tert-OH is 1. The van der Waals surface area contributed by atoms with Gasteiger partial charge in [0.2, 0.25) is 0 Å². The van der Waals surface area contributed by atoms with Crippen LogP contribution in [-0.4, -0.2) is 40.9 Å². The Morgan fingerprint density at radius 1 is 1.05 bits per heavy atom. The van der Waals surface area contributed by atoms with Crippen molar-refractivity contribution in [1.82, 2.24) is 4.90 Å². The van der Waals surface area contributed by atoms with E-state index in [1.54, 1.807) is 44.2 Å². The second-order valence-corrected chi connectivity index (χ2v) is 10.3. The van der Waals surface area contributed by atoms with E-state index in [-0.39, 0.29) is 39.6 Å². The first kappa shape index (κ1) is 28.2. The van der Waals surface area contributed by atoms with E-state index < -0.39 is 29.5 Å². The van der Waals surface area contributed by atoms with Crippen LogP contribution in [0.5, 0.6) is 5.75 Å². The average Bonchev–Trinajstić information content (AvgIpc) is 3.13. The van der Waals surface area contributed by atoms with Crippen LogP contribution in [0.15, 0.2) is 66.2 Å². The van der Waals surface area contributed by atoms with Crippen molar-refractivity contribution in [3.8, 4) is 5.75 Å². The highest BCUT2D eigenvalue weighted by molar-refractivity contribution is 6.46. The Labute approximate surface area is 236 Å². The van der Waals surface area contributed by atoms with Crippen molar-refractivity contribution in [2.45, 2.75) is 39.5 Å². The number of Topliss-reactive ketones (excluding diaryl/α,β-unsaturated/α-hetero) is 1. The number of methoxy groups -OCH3 is 1. The molecule has 0 saturated carbocycles. The number of benzene rings is 3. The summed E-state index contributed by atoms with van der Waals surface area (Å²) in [5.41, 5.74) is 2.58. The molecule has 1 fully saturated rings. The number of amides is 1. The molecule has 39 heavy (non-hydrogen) atoms. The van der Waals surface area contributed by atoms with Gasteiger partial charge in [-0.25, -0.2) is 4.79 Å². The smallest absolute Gasteiger partial charge is 0.338 e. The molecule has 1 unspecified atom stereocenters.